The van der Waals surface area contributed by atoms with Gasteiger partial charge in [-0.3, -0.25) is 0 Å². The van der Waals surface area contributed by atoms with Crippen molar-refractivity contribution >= 4 is 22.1 Å². The van der Waals surface area contributed by atoms with Crippen LogP contribution in [-0.4, -0.2) is 27.3 Å². The molecule has 3 rings (SSSR count). The zero-order valence-electron chi connectivity index (χ0n) is 13.3. The number of aromatic nitrogens is 3. The quantitative estimate of drug-likeness (QED) is 0.589. The molecule has 0 atom stereocenters. The van der Waals surface area contributed by atoms with Crippen LogP contribution in [0.4, 0.5) is 4.79 Å². The number of ether oxygens (including phenoxy) is 3. The van der Waals surface area contributed by atoms with Crippen molar-refractivity contribution in [3.63, 3.8) is 0 Å². The molecule has 128 valence electrons. The van der Waals surface area contributed by atoms with Gasteiger partial charge in [0.25, 0.3) is 0 Å². The number of carbonyl (C=O) groups is 1. The molecule has 1 aromatic carbocycles. The van der Waals surface area contributed by atoms with Crippen LogP contribution >= 0.6 is 15.9 Å². The van der Waals surface area contributed by atoms with Crippen LogP contribution in [-0.2, 0) is 4.74 Å². The summed E-state index contributed by atoms with van der Waals surface area (Å²) in [5.41, 5.74) is 0.792. The molecule has 3 aromatic rings. The highest BCUT2D eigenvalue weighted by Gasteiger charge is 2.09. The summed E-state index contributed by atoms with van der Waals surface area (Å²) in [4.78, 5) is 19.5. The van der Waals surface area contributed by atoms with Crippen LogP contribution in [0.5, 0.6) is 17.5 Å². The minimum atomic E-state index is -0.786. The van der Waals surface area contributed by atoms with E-state index in [1.165, 1.54) is 6.33 Å². The summed E-state index contributed by atoms with van der Waals surface area (Å²) in [6.07, 6.45) is 3.99. The first-order valence-corrected chi connectivity index (χ1v) is 8.22. The highest BCUT2D eigenvalue weighted by Crippen LogP contribution is 2.24. The smallest absolute Gasteiger partial charge is 0.439 e. The van der Waals surface area contributed by atoms with Gasteiger partial charge in [0.1, 0.15) is 12.1 Å². The van der Waals surface area contributed by atoms with Gasteiger partial charge in [0, 0.05) is 22.8 Å². The molecule has 2 aromatic heterocycles. The van der Waals surface area contributed by atoms with E-state index in [9.17, 15) is 4.79 Å². The predicted molar refractivity (Wildman–Crippen MR) is 93.2 cm³/mol. The third kappa shape index (κ3) is 4.57. The van der Waals surface area contributed by atoms with Crippen LogP contribution in [0, 0.1) is 0 Å². The normalized spacial score (nSPS) is 10.3. The van der Waals surface area contributed by atoms with Gasteiger partial charge in [-0.2, -0.15) is 0 Å². The second kappa shape index (κ2) is 7.80. The molecular formula is C17H14BrN3O4. The third-order valence-corrected chi connectivity index (χ3v) is 3.52. The maximum atomic E-state index is 11.3. The lowest BCUT2D eigenvalue weighted by atomic mass is 10.3. The number of rotatable bonds is 5. The average molecular weight is 404 g/mol. The van der Waals surface area contributed by atoms with Crippen molar-refractivity contribution in [2.24, 2.45) is 0 Å². The zero-order valence-corrected chi connectivity index (χ0v) is 14.8. The topological polar surface area (TPSA) is 75.5 Å². The van der Waals surface area contributed by atoms with Crippen LogP contribution in [0.2, 0.25) is 0 Å². The summed E-state index contributed by atoms with van der Waals surface area (Å²) in [6, 6.07) is 11.0. The summed E-state index contributed by atoms with van der Waals surface area (Å²) >= 11 is 3.33. The number of halogens is 1. The van der Waals surface area contributed by atoms with E-state index >= 15 is 0 Å². The Morgan fingerprint density at radius 2 is 2.08 bits per heavy atom. The molecule has 7 nitrogen and oxygen atoms in total. The lowest BCUT2D eigenvalue weighted by molar-refractivity contribution is 0.103. The van der Waals surface area contributed by atoms with Crippen molar-refractivity contribution in [3.8, 4) is 23.2 Å². The molecule has 0 amide bonds. The first-order chi connectivity index (χ1) is 12.1. The minimum absolute atomic E-state index is 0.152. The van der Waals surface area contributed by atoms with Gasteiger partial charge >= 0.3 is 6.16 Å². The van der Waals surface area contributed by atoms with Crippen LogP contribution in [0.3, 0.4) is 0 Å². The maximum Gasteiger partial charge on any atom is 0.515 e. The summed E-state index contributed by atoms with van der Waals surface area (Å²) < 4.78 is 18.0. The lowest BCUT2D eigenvalue weighted by Gasteiger charge is -2.07. The number of nitrogens with zero attached hydrogens (tertiary/aromatic N) is 3. The van der Waals surface area contributed by atoms with Crippen molar-refractivity contribution in [1.29, 1.82) is 0 Å². The summed E-state index contributed by atoms with van der Waals surface area (Å²) in [7, 11) is 0. The predicted octanol–water partition coefficient (Wildman–Crippen LogP) is 4.36. The molecule has 0 saturated carbocycles. The third-order valence-electron chi connectivity index (χ3n) is 3.05. The van der Waals surface area contributed by atoms with Gasteiger partial charge in [-0.1, -0.05) is 6.07 Å². The molecule has 2 heterocycles. The Balaban J connectivity index is 1.74. The van der Waals surface area contributed by atoms with Crippen LogP contribution < -0.4 is 9.47 Å². The van der Waals surface area contributed by atoms with E-state index in [0.717, 1.165) is 10.2 Å². The Morgan fingerprint density at radius 1 is 1.20 bits per heavy atom. The van der Waals surface area contributed by atoms with Crippen molar-refractivity contribution < 1.29 is 19.0 Å². The Labute approximate surface area is 152 Å². The van der Waals surface area contributed by atoms with Gasteiger partial charge in [-0.25, -0.2) is 14.8 Å². The molecule has 25 heavy (non-hydrogen) atoms. The Morgan fingerprint density at radius 3 is 2.84 bits per heavy atom. The molecule has 0 aliphatic rings. The first-order valence-electron chi connectivity index (χ1n) is 7.42. The molecule has 0 unspecified atom stereocenters. The van der Waals surface area contributed by atoms with Gasteiger partial charge in [0.15, 0.2) is 0 Å². The Hall–Kier alpha value is -2.87. The van der Waals surface area contributed by atoms with Crippen molar-refractivity contribution in [3.05, 3.63) is 59.6 Å². The fourth-order valence-electron chi connectivity index (χ4n) is 1.98. The largest absolute Gasteiger partial charge is 0.515 e. The van der Waals surface area contributed by atoms with E-state index in [1.54, 1.807) is 30.0 Å². The molecule has 8 heteroatoms. The second-order valence-corrected chi connectivity index (χ2v) is 5.73. The molecule has 0 fully saturated rings. The number of imidazole rings is 1. The number of carbonyl (C=O) groups excluding carboxylic acids is 1. The minimum Gasteiger partial charge on any atom is -0.439 e. The van der Waals surface area contributed by atoms with Gasteiger partial charge in [-0.15, -0.1) is 0 Å². The van der Waals surface area contributed by atoms with Gasteiger partial charge in [-0.05, 0) is 41.1 Å². The Bertz CT molecular complexity index is 864. The molecule has 0 spiro atoms. The molecule has 0 radical (unpaired) electrons. The van der Waals surface area contributed by atoms with Crippen molar-refractivity contribution in [2.75, 3.05) is 6.61 Å². The van der Waals surface area contributed by atoms with Crippen molar-refractivity contribution in [2.45, 2.75) is 6.92 Å². The van der Waals surface area contributed by atoms with E-state index in [2.05, 4.69) is 25.9 Å². The summed E-state index contributed by atoms with van der Waals surface area (Å²) in [5.74, 6) is 1.26. The first kappa shape index (κ1) is 17.0. The van der Waals surface area contributed by atoms with E-state index < -0.39 is 6.16 Å². The molecular weight excluding hydrogens is 390 g/mol. The number of benzene rings is 1. The molecule has 0 aliphatic carbocycles. The molecule has 0 saturated heterocycles. The highest BCUT2D eigenvalue weighted by molar-refractivity contribution is 9.10. The van der Waals surface area contributed by atoms with Crippen LogP contribution in [0.25, 0.3) is 5.69 Å². The van der Waals surface area contributed by atoms with E-state index in [4.69, 9.17) is 14.2 Å². The monoisotopic (exact) mass is 403 g/mol. The summed E-state index contributed by atoms with van der Waals surface area (Å²) in [5, 5.41) is 0. The average Bonchev–Trinajstić information content (AvgIpc) is 3.06. The maximum absolute atomic E-state index is 11.3. The van der Waals surface area contributed by atoms with E-state index in [1.807, 2.05) is 30.3 Å². The fourth-order valence-corrected chi connectivity index (χ4v) is 2.22. The van der Waals surface area contributed by atoms with E-state index in [-0.39, 0.29) is 12.5 Å². The van der Waals surface area contributed by atoms with E-state index in [0.29, 0.717) is 11.6 Å². The molecule has 0 bridgehead atoms. The molecule has 0 N–H and O–H groups in total. The number of hydrogen-bond acceptors (Lipinski definition) is 6. The van der Waals surface area contributed by atoms with Crippen molar-refractivity contribution in [1.82, 2.24) is 14.5 Å². The zero-order chi connectivity index (χ0) is 17.6. The highest BCUT2D eigenvalue weighted by atomic mass is 79.9. The SMILES string of the molecule is CCOC(=O)Oc1cn(-c2cccc(Oc3ccc(Br)cn3)c2)cn1. The second-order valence-electron chi connectivity index (χ2n) is 4.82. The van der Waals surface area contributed by atoms with Crippen LogP contribution in [0.1, 0.15) is 6.92 Å². The summed E-state index contributed by atoms with van der Waals surface area (Å²) in [6.45, 7) is 1.94. The lowest BCUT2D eigenvalue weighted by Crippen LogP contribution is -2.10. The molecule has 0 aliphatic heterocycles. The Kier molecular flexibility index (Phi) is 5.30. The van der Waals surface area contributed by atoms with Gasteiger partial charge < -0.3 is 18.8 Å². The van der Waals surface area contributed by atoms with Gasteiger partial charge in [0.05, 0.1) is 18.5 Å². The van der Waals surface area contributed by atoms with Gasteiger partial charge in [0.2, 0.25) is 11.8 Å². The standard InChI is InChI=1S/C17H14BrN3O4/c1-2-23-17(22)25-16-10-21(11-20-16)13-4-3-5-14(8-13)24-15-7-6-12(18)9-19-15/h3-11H,2H2,1H3. The number of hydrogen-bond donors (Lipinski definition) is 0. The fraction of sp³-hybridized carbons (Fsp3) is 0.118. The number of pyridine rings is 1. The van der Waals surface area contributed by atoms with Crippen LogP contribution in [0.15, 0.2) is 59.6 Å².